The van der Waals surface area contributed by atoms with Crippen LogP contribution in [0.2, 0.25) is 0 Å². The van der Waals surface area contributed by atoms with E-state index in [-0.39, 0.29) is 11.3 Å². The number of H-pyrrole nitrogens is 1. The van der Waals surface area contributed by atoms with Crippen molar-refractivity contribution in [3.8, 4) is 11.5 Å². The molecule has 0 fully saturated rings. The lowest BCUT2D eigenvalue weighted by Gasteiger charge is -2.26. The molecule has 9 heteroatoms. The molecule has 3 heterocycles. The predicted molar refractivity (Wildman–Crippen MR) is 166 cm³/mol. The summed E-state index contributed by atoms with van der Waals surface area (Å²) in [6, 6.07) is 21.1. The molecule has 43 heavy (non-hydrogen) atoms. The number of hydrogen-bond donors (Lipinski definition) is 1. The number of pyridine rings is 1. The van der Waals surface area contributed by atoms with Crippen molar-refractivity contribution < 1.29 is 14.4 Å². The standard InChI is InChI=1S/C34H29N5O4/c1-42-33-21-31(43-24-30-5-2-3-15-35-30)13-12-29(33)11-9-27-19-26(7-6-25-8-10-28-14-17-36-32(28)20-25)22-34(23-27,39(40)41)38-18-4-16-37-38/h2-22,36H,23-24H2,1H3. The maximum Gasteiger partial charge on any atom is 0.338 e. The lowest BCUT2D eigenvalue weighted by atomic mass is 9.89. The van der Waals surface area contributed by atoms with E-state index < -0.39 is 5.66 Å². The van der Waals surface area contributed by atoms with Crippen molar-refractivity contribution in [2.24, 2.45) is 0 Å². The van der Waals surface area contributed by atoms with Crippen LogP contribution < -0.4 is 9.47 Å². The third-order valence-electron chi connectivity index (χ3n) is 7.27. The highest BCUT2D eigenvalue weighted by molar-refractivity contribution is 5.82. The van der Waals surface area contributed by atoms with Crippen molar-refractivity contribution >= 4 is 23.1 Å². The van der Waals surface area contributed by atoms with Gasteiger partial charge < -0.3 is 14.5 Å². The zero-order valence-corrected chi connectivity index (χ0v) is 23.5. The first-order chi connectivity index (χ1) is 21.0. The van der Waals surface area contributed by atoms with Gasteiger partial charge in [-0.15, -0.1) is 0 Å². The van der Waals surface area contributed by atoms with Crippen molar-refractivity contribution in [3.05, 3.63) is 154 Å². The van der Waals surface area contributed by atoms with Gasteiger partial charge in [0.1, 0.15) is 18.1 Å². The van der Waals surface area contributed by atoms with E-state index in [1.807, 2.05) is 97.2 Å². The molecule has 0 radical (unpaired) electrons. The third-order valence-corrected chi connectivity index (χ3v) is 7.27. The zero-order chi connectivity index (χ0) is 29.6. The highest BCUT2D eigenvalue weighted by atomic mass is 16.6. The quantitative estimate of drug-likeness (QED) is 0.143. The minimum Gasteiger partial charge on any atom is -0.496 e. The Bertz CT molecular complexity index is 1870. The number of nitrogens with one attached hydrogen (secondary N) is 1. The number of benzene rings is 2. The molecule has 1 unspecified atom stereocenters. The van der Waals surface area contributed by atoms with Crippen LogP contribution in [-0.4, -0.2) is 31.8 Å². The lowest BCUT2D eigenvalue weighted by molar-refractivity contribution is -0.587. The topological polar surface area (TPSA) is 108 Å². The minimum atomic E-state index is -1.58. The molecule has 0 spiro atoms. The molecule has 0 aliphatic heterocycles. The fraction of sp³-hybridized carbons (Fsp3) is 0.118. The number of aromatic nitrogens is 4. The average Bonchev–Trinajstić information content (AvgIpc) is 3.75. The molecule has 0 amide bonds. The van der Waals surface area contributed by atoms with Crippen molar-refractivity contribution in [2.75, 3.05) is 7.11 Å². The highest BCUT2D eigenvalue weighted by Gasteiger charge is 2.45. The summed E-state index contributed by atoms with van der Waals surface area (Å²) in [4.78, 5) is 19.8. The van der Waals surface area contributed by atoms with Gasteiger partial charge in [0.05, 0.1) is 24.1 Å². The number of allylic oxidation sites excluding steroid dienone is 4. The molecule has 5 aromatic rings. The summed E-state index contributed by atoms with van der Waals surface area (Å²) >= 11 is 0. The van der Waals surface area contributed by atoms with Crippen LogP contribution in [0.3, 0.4) is 0 Å². The number of nitrogens with zero attached hydrogens (tertiary/aromatic N) is 4. The largest absolute Gasteiger partial charge is 0.496 e. The molecule has 1 N–H and O–H groups in total. The van der Waals surface area contributed by atoms with Crippen LogP contribution in [0, 0.1) is 10.1 Å². The number of hydrogen-bond acceptors (Lipinski definition) is 6. The first kappa shape index (κ1) is 27.5. The molecule has 0 saturated carbocycles. The maximum absolute atomic E-state index is 12.6. The van der Waals surface area contributed by atoms with Gasteiger partial charge in [0.25, 0.3) is 0 Å². The summed E-state index contributed by atoms with van der Waals surface area (Å²) in [5.74, 6) is 1.27. The van der Waals surface area contributed by atoms with Gasteiger partial charge in [0, 0.05) is 48.0 Å². The summed E-state index contributed by atoms with van der Waals surface area (Å²) in [7, 11) is 1.60. The normalized spacial score (nSPS) is 16.9. The van der Waals surface area contributed by atoms with E-state index in [0.717, 1.165) is 33.3 Å². The molecule has 1 aliphatic rings. The molecule has 214 valence electrons. The Balaban J connectivity index is 1.29. The van der Waals surface area contributed by atoms with Crippen molar-refractivity contribution in [2.45, 2.75) is 18.7 Å². The second-order valence-electron chi connectivity index (χ2n) is 10.1. The smallest absolute Gasteiger partial charge is 0.338 e. The number of nitro groups is 1. The Morgan fingerprint density at radius 2 is 1.98 bits per heavy atom. The van der Waals surface area contributed by atoms with E-state index in [9.17, 15) is 10.1 Å². The van der Waals surface area contributed by atoms with Crippen molar-refractivity contribution in [1.29, 1.82) is 0 Å². The van der Waals surface area contributed by atoms with Crippen molar-refractivity contribution in [3.63, 3.8) is 0 Å². The van der Waals surface area contributed by atoms with Crippen LogP contribution in [0.4, 0.5) is 0 Å². The SMILES string of the molecule is COc1cc(OCc2ccccn2)ccc1C=CC1=CC(C=Cc2ccc3cc[nH]c3c2)=CC(n2cccn2)([N+](=O)[O-])C1. The lowest BCUT2D eigenvalue weighted by Crippen LogP contribution is -2.42. The van der Waals surface area contributed by atoms with Crippen LogP contribution >= 0.6 is 0 Å². The monoisotopic (exact) mass is 571 g/mol. The average molecular weight is 572 g/mol. The minimum absolute atomic E-state index is 0.123. The van der Waals surface area contributed by atoms with Crippen LogP contribution in [0.15, 0.2) is 127 Å². The molecule has 1 aliphatic carbocycles. The van der Waals surface area contributed by atoms with E-state index in [4.69, 9.17) is 9.47 Å². The summed E-state index contributed by atoms with van der Waals surface area (Å²) in [6.45, 7) is 0.337. The second kappa shape index (κ2) is 12.0. The Labute approximate surface area is 248 Å². The Morgan fingerprint density at radius 3 is 2.77 bits per heavy atom. The first-order valence-electron chi connectivity index (χ1n) is 13.7. The summed E-state index contributed by atoms with van der Waals surface area (Å²) in [6.07, 6.45) is 18.2. The summed E-state index contributed by atoms with van der Waals surface area (Å²) in [5.41, 5.74) is 3.54. The van der Waals surface area contributed by atoms with E-state index in [1.54, 1.807) is 37.8 Å². The molecular formula is C34H29N5O4. The molecular weight excluding hydrogens is 542 g/mol. The molecule has 0 saturated heterocycles. The predicted octanol–water partition coefficient (Wildman–Crippen LogP) is 6.96. The van der Waals surface area contributed by atoms with Gasteiger partial charge in [0.15, 0.2) is 0 Å². The van der Waals surface area contributed by atoms with Gasteiger partial charge in [-0.25, -0.2) is 0 Å². The molecule has 9 nitrogen and oxygen atoms in total. The first-order valence-corrected chi connectivity index (χ1v) is 13.7. The number of rotatable bonds is 10. The van der Waals surface area contributed by atoms with Gasteiger partial charge in [-0.3, -0.25) is 15.1 Å². The van der Waals surface area contributed by atoms with E-state index in [0.29, 0.717) is 23.7 Å². The number of methoxy groups -OCH3 is 1. The number of ether oxygens (including phenoxy) is 2. The molecule has 1 atom stereocenters. The number of fused-ring (bicyclic) bond motifs is 1. The fourth-order valence-electron chi connectivity index (χ4n) is 5.09. The van der Waals surface area contributed by atoms with Gasteiger partial charge in [-0.2, -0.15) is 9.78 Å². The van der Waals surface area contributed by atoms with Gasteiger partial charge >= 0.3 is 5.66 Å². The Kier molecular flexibility index (Phi) is 7.69. The fourth-order valence-corrected chi connectivity index (χ4v) is 5.09. The Hall–Kier alpha value is -5.70. The maximum atomic E-state index is 12.6. The molecule has 6 rings (SSSR count). The van der Waals surface area contributed by atoms with Crippen molar-refractivity contribution in [1.82, 2.24) is 19.7 Å². The molecule has 0 bridgehead atoms. The van der Waals surface area contributed by atoms with Crippen LogP contribution in [-0.2, 0) is 12.3 Å². The second-order valence-corrected chi connectivity index (χ2v) is 10.1. The van der Waals surface area contributed by atoms with Crippen LogP contribution in [0.25, 0.3) is 23.1 Å². The van der Waals surface area contributed by atoms with E-state index in [2.05, 4.69) is 15.1 Å². The van der Waals surface area contributed by atoms with Gasteiger partial charge in [-0.05, 0) is 64.6 Å². The third kappa shape index (κ3) is 6.01. The van der Waals surface area contributed by atoms with Gasteiger partial charge in [-0.1, -0.05) is 48.6 Å². The van der Waals surface area contributed by atoms with E-state index >= 15 is 0 Å². The summed E-state index contributed by atoms with van der Waals surface area (Å²) < 4.78 is 12.9. The molecule has 3 aromatic heterocycles. The van der Waals surface area contributed by atoms with Crippen LogP contribution in [0.1, 0.15) is 23.2 Å². The zero-order valence-electron chi connectivity index (χ0n) is 23.5. The number of aromatic amines is 1. The molecule has 2 aromatic carbocycles. The van der Waals surface area contributed by atoms with E-state index in [1.165, 1.54) is 4.68 Å². The highest BCUT2D eigenvalue weighted by Crippen LogP contribution is 2.36. The summed E-state index contributed by atoms with van der Waals surface area (Å²) in [5, 5.41) is 18.0. The van der Waals surface area contributed by atoms with Gasteiger partial charge in [0.2, 0.25) is 0 Å². The van der Waals surface area contributed by atoms with Crippen LogP contribution in [0.5, 0.6) is 11.5 Å². The Morgan fingerprint density at radius 1 is 1.05 bits per heavy atom.